The van der Waals surface area contributed by atoms with Gasteiger partial charge in [-0.15, -0.1) is 0 Å². The molecule has 1 heterocycles. The zero-order valence-corrected chi connectivity index (χ0v) is 19.1. The SMILES string of the molecule is COCCCN1C(=O)C(O)=C(C(=O)C(C)(C)C)C1c1ccc(OCc2ccccc2)cc1. The van der Waals surface area contributed by atoms with Gasteiger partial charge in [0.05, 0.1) is 11.6 Å². The molecule has 3 rings (SSSR count). The molecule has 6 nitrogen and oxygen atoms in total. The molecule has 0 bridgehead atoms. The predicted molar refractivity (Wildman–Crippen MR) is 122 cm³/mol. The van der Waals surface area contributed by atoms with Crippen molar-refractivity contribution in [3.63, 3.8) is 0 Å². The van der Waals surface area contributed by atoms with Gasteiger partial charge in [-0.3, -0.25) is 9.59 Å². The van der Waals surface area contributed by atoms with E-state index in [-0.39, 0.29) is 11.4 Å². The molecule has 1 amide bonds. The number of amides is 1. The van der Waals surface area contributed by atoms with E-state index in [1.54, 1.807) is 32.8 Å². The first-order valence-corrected chi connectivity index (χ1v) is 10.8. The van der Waals surface area contributed by atoms with Gasteiger partial charge in [-0.05, 0) is 29.7 Å². The predicted octanol–water partition coefficient (Wildman–Crippen LogP) is 4.61. The van der Waals surface area contributed by atoms with Crippen LogP contribution >= 0.6 is 0 Å². The van der Waals surface area contributed by atoms with Crippen LogP contribution in [0.2, 0.25) is 0 Å². The van der Waals surface area contributed by atoms with Gasteiger partial charge in [-0.25, -0.2) is 0 Å². The van der Waals surface area contributed by atoms with E-state index < -0.39 is 23.1 Å². The third kappa shape index (κ3) is 5.19. The van der Waals surface area contributed by atoms with Crippen LogP contribution in [0.15, 0.2) is 65.9 Å². The number of carbonyl (C=O) groups is 2. The third-order valence-electron chi connectivity index (χ3n) is 5.42. The summed E-state index contributed by atoms with van der Waals surface area (Å²) >= 11 is 0. The topological polar surface area (TPSA) is 76.1 Å². The minimum Gasteiger partial charge on any atom is -0.503 e. The fourth-order valence-corrected chi connectivity index (χ4v) is 3.73. The maximum absolute atomic E-state index is 13.2. The molecule has 1 atom stereocenters. The first-order valence-electron chi connectivity index (χ1n) is 10.8. The molecule has 0 radical (unpaired) electrons. The van der Waals surface area contributed by atoms with Gasteiger partial charge < -0.3 is 19.5 Å². The van der Waals surface area contributed by atoms with E-state index in [9.17, 15) is 14.7 Å². The fraction of sp³-hybridized carbons (Fsp3) is 0.385. The second-order valence-corrected chi connectivity index (χ2v) is 8.93. The number of hydrogen-bond acceptors (Lipinski definition) is 5. The minimum absolute atomic E-state index is 0.151. The van der Waals surface area contributed by atoms with Crippen LogP contribution in [0, 0.1) is 5.41 Å². The van der Waals surface area contributed by atoms with E-state index >= 15 is 0 Å². The van der Waals surface area contributed by atoms with E-state index in [1.807, 2.05) is 54.6 Å². The summed E-state index contributed by atoms with van der Waals surface area (Å²) in [4.78, 5) is 27.6. The molecular formula is C26H31NO5. The zero-order valence-electron chi connectivity index (χ0n) is 19.1. The van der Waals surface area contributed by atoms with Gasteiger partial charge in [0.15, 0.2) is 11.5 Å². The number of aliphatic hydroxyl groups is 1. The highest BCUT2D eigenvalue weighted by Crippen LogP contribution is 2.41. The van der Waals surface area contributed by atoms with Crippen molar-refractivity contribution >= 4 is 11.7 Å². The number of hydrogen-bond donors (Lipinski definition) is 1. The summed E-state index contributed by atoms with van der Waals surface area (Å²) in [7, 11) is 1.60. The Morgan fingerprint density at radius 1 is 1.06 bits per heavy atom. The molecule has 1 unspecified atom stereocenters. The molecular weight excluding hydrogens is 406 g/mol. The lowest BCUT2D eigenvalue weighted by Gasteiger charge is -2.29. The number of aliphatic hydroxyl groups excluding tert-OH is 1. The lowest BCUT2D eigenvalue weighted by atomic mass is 9.82. The van der Waals surface area contributed by atoms with Crippen LogP contribution in [0.5, 0.6) is 5.75 Å². The lowest BCUT2D eigenvalue weighted by molar-refractivity contribution is -0.129. The molecule has 0 saturated heterocycles. The van der Waals surface area contributed by atoms with Crippen molar-refractivity contribution in [2.75, 3.05) is 20.3 Å². The largest absolute Gasteiger partial charge is 0.503 e. The first kappa shape index (κ1) is 23.5. The highest BCUT2D eigenvalue weighted by molar-refractivity contribution is 6.10. The number of ketones is 1. The van der Waals surface area contributed by atoms with Crippen LogP contribution in [0.1, 0.15) is 44.4 Å². The number of ether oxygens (including phenoxy) is 2. The van der Waals surface area contributed by atoms with Crippen molar-refractivity contribution in [1.82, 2.24) is 4.90 Å². The average Bonchev–Trinajstić information content (AvgIpc) is 3.02. The third-order valence-corrected chi connectivity index (χ3v) is 5.42. The Balaban J connectivity index is 1.87. The Morgan fingerprint density at radius 3 is 2.31 bits per heavy atom. The van der Waals surface area contributed by atoms with Crippen molar-refractivity contribution in [3.05, 3.63) is 77.1 Å². The van der Waals surface area contributed by atoms with Gasteiger partial charge in [0.2, 0.25) is 0 Å². The molecule has 1 aliphatic rings. The Labute approximate surface area is 189 Å². The molecule has 2 aromatic rings. The van der Waals surface area contributed by atoms with Crippen molar-refractivity contribution in [2.45, 2.75) is 39.8 Å². The van der Waals surface area contributed by atoms with E-state index in [0.29, 0.717) is 31.9 Å². The quantitative estimate of drug-likeness (QED) is 0.580. The molecule has 0 aromatic heterocycles. The van der Waals surface area contributed by atoms with Gasteiger partial charge in [-0.1, -0.05) is 63.2 Å². The lowest BCUT2D eigenvalue weighted by Crippen LogP contribution is -2.34. The van der Waals surface area contributed by atoms with Crippen molar-refractivity contribution in [3.8, 4) is 5.75 Å². The molecule has 32 heavy (non-hydrogen) atoms. The second-order valence-electron chi connectivity index (χ2n) is 8.93. The fourth-order valence-electron chi connectivity index (χ4n) is 3.73. The van der Waals surface area contributed by atoms with Crippen molar-refractivity contribution in [2.24, 2.45) is 5.41 Å². The maximum atomic E-state index is 13.2. The normalized spacial score (nSPS) is 16.6. The Morgan fingerprint density at radius 2 is 1.72 bits per heavy atom. The molecule has 0 aliphatic carbocycles. The summed E-state index contributed by atoms with van der Waals surface area (Å²) < 4.78 is 11.0. The second kappa shape index (κ2) is 10.0. The van der Waals surface area contributed by atoms with Gasteiger partial charge >= 0.3 is 0 Å². The molecule has 2 aromatic carbocycles. The highest BCUT2D eigenvalue weighted by Gasteiger charge is 2.45. The molecule has 0 spiro atoms. The van der Waals surface area contributed by atoms with E-state index in [1.165, 1.54) is 0 Å². The molecule has 0 fully saturated rings. The highest BCUT2D eigenvalue weighted by atomic mass is 16.5. The van der Waals surface area contributed by atoms with Gasteiger partial charge in [-0.2, -0.15) is 0 Å². The van der Waals surface area contributed by atoms with Crippen LogP contribution in [0.3, 0.4) is 0 Å². The Hall–Kier alpha value is -3.12. The van der Waals surface area contributed by atoms with Crippen LogP contribution in [-0.2, 0) is 20.9 Å². The van der Waals surface area contributed by atoms with E-state index in [4.69, 9.17) is 9.47 Å². The summed E-state index contributed by atoms with van der Waals surface area (Å²) in [6.45, 7) is 6.64. The van der Waals surface area contributed by atoms with Crippen molar-refractivity contribution < 1.29 is 24.2 Å². The maximum Gasteiger partial charge on any atom is 0.290 e. The summed E-state index contributed by atoms with van der Waals surface area (Å²) in [5.41, 5.74) is 1.23. The summed E-state index contributed by atoms with van der Waals surface area (Å²) in [5.74, 6) is -0.545. The standard InChI is InChI=1S/C26H31NO5/c1-26(2,3)24(29)21-22(27(15-8-16-31-4)25(30)23(21)28)19-11-13-20(14-12-19)32-17-18-9-6-5-7-10-18/h5-7,9-14,22,28H,8,15-17H2,1-4H3. The number of carbonyl (C=O) groups excluding carboxylic acids is 2. The molecule has 6 heteroatoms. The number of methoxy groups -OCH3 is 1. The van der Waals surface area contributed by atoms with E-state index in [2.05, 4.69) is 0 Å². The van der Waals surface area contributed by atoms with Gasteiger partial charge in [0.25, 0.3) is 5.91 Å². The number of nitrogens with zero attached hydrogens (tertiary/aromatic N) is 1. The summed E-state index contributed by atoms with van der Waals surface area (Å²) in [6, 6.07) is 16.6. The summed E-state index contributed by atoms with van der Waals surface area (Å²) in [5, 5.41) is 10.6. The van der Waals surface area contributed by atoms with Crippen LogP contribution in [0.25, 0.3) is 0 Å². The molecule has 1 aliphatic heterocycles. The number of benzene rings is 2. The zero-order chi connectivity index (χ0) is 23.3. The average molecular weight is 438 g/mol. The van der Waals surface area contributed by atoms with E-state index in [0.717, 1.165) is 11.1 Å². The van der Waals surface area contributed by atoms with Crippen LogP contribution in [-0.4, -0.2) is 42.0 Å². The summed E-state index contributed by atoms with van der Waals surface area (Å²) in [6.07, 6.45) is 0.598. The van der Waals surface area contributed by atoms with Crippen LogP contribution in [0.4, 0.5) is 0 Å². The van der Waals surface area contributed by atoms with Crippen LogP contribution < -0.4 is 4.74 Å². The minimum atomic E-state index is -0.733. The van der Waals surface area contributed by atoms with Crippen molar-refractivity contribution in [1.29, 1.82) is 0 Å². The van der Waals surface area contributed by atoms with Gasteiger partial charge in [0.1, 0.15) is 12.4 Å². The number of Topliss-reactive ketones (excluding diaryl/α,β-unsaturated/α-hetero) is 1. The monoisotopic (exact) mass is 437 g/mol. The Bertz CT molecular complexity index is 974. The Kier molecular flexibility index (Phi) is 7.36. The number of rotatable bonds is 9. The smallest absolute Gasteiger partial charge is 0.290 e. The molecule has 1 N–H and O–H groups in total. The van der Waals surface area contributed by atoms with Gasteiger partial charge in [0, 0.05) is 25.7 Å². The molecule has 170 valence electrons. The molecule has 0 saturated carbocycles. The first-order chi connectivity index (χ1) is 15.2.